The van der Waals surface area contributed by atoms with Crippen molar-refractivity contribution in [2.45, 2.75) is 13.8 Å². The SMILES string of the molecule is CC#N.CCOC=O. The summed E-state index contributed by atoms with van der Waals surface area (Å²) in [5.41, 5.74) is 0. The number of carbonyl (C=O) groups excluding carboxylic acids is 1. The Labute approximate surface area is 48.9 Å². The number of ether oxygens (including phenoxy) is 1. The summed E-state index contributed by atoms with van der Waals surface area (Å²) in [7, 11) is 0. The summed E-state index contributed by atoms with van der Waals surface area (Å²) in [6.45, 7) is 4.10. The molecule has 0 aliphatic carbocycles. The monoisotopic (exact) mass is 115 g/mol. The summed E-state index contributed by atoms with van der Waals surface area (Å²) >= 11 is 0. The molecule has 8 heavy (non-hydrogen) atoms. The van der Waals surface area contributed by atoms with Gasteiger partial charge in [-0.3, -0.25) is 4.79 Å². The third kappa shape index (κ3) is 84.4. The Morgan fingerprint density at radius 2 is 2.25 bits per heavy atom. The maximum atomic E-state index is 9.18. The van der Waals surface area contributed by atoms with Crippen LogP contribution < -0.4 is 0 Å². The Bertz CT molecular complexity index is 75.0. The predicted molar refractivity (Wildman–Crippen MR) is 29.0 cm³/mol. The first-order valence-electron chi connectivity index (χ1n) is 2.19. The Morgan fingerprint density at radius 1 is 1.88 bits per heavy atom. The van der Waals surface area contributed by atoms with E-state index < -0.39 is 0 Å². The molecular weight excluding hydrogens is 106 g/mol. The molecule has 0 heterocycles. The fourth-order valence-electron chi connectivity index (χ4n) is 0.0680. The molecule has 0 radical (unpaired) electrons. The van der Waals surface area contributed by atoms with E-state index in [4.69, 9.17) is 5.26 Å². The van der Waals surface area contributed by atoms with Gasteiger partial charge in [-0.15, -0.1) is 0 Å². The summed E-state index contributed by atoms with van der Waals surface area (Å²) in [4.78, 5) is 9.18. The summed E-state index contributed by atoms with van der Waals surface area (Å²) < 4.78 is 4.15. The van der Waals surface area contributed by atoms with Crippen molar-refractivity contribution in [3.63, 3.8) is 0 Å². The zero-order valence-corrected chi connectivity index (χ0v) is 5.05. The molecule has 0 saturated carbocycles. The van der Waals surface area contributed by atoms with Crippen LogP contribution in [0.1, 0.15) is 13.8 Å². The standard InChI is InChI=1S/C3H6O2.C2H3N/c1-2-5-3-4;1-2-3/h3H,2H2,1H3;1H3. The minimum absolute atomic E-state index is 0.431. The normalized spacial score (nSPS) is 5.12. The molecular formula is C5H9NO2. The van der Waals surface area contributed by atoms with E-state index in [2.05, 4.69) is 4.74 Å². The molecule has 0 aliphatic rings. The molecule has 0 unspecified atom stereocenters. The van der Waals surface area contributed by atoms with E-state index in [0.29, 0.717) is 13.1 Å². The number of nitriles is 1. The molecule has 0 atom stereocenters. The highest BCUT2D eigenvalue weighted by Crippen LogP contribution is 1.55. The molecule has 0 aromatic carbocycles. The van der Waals surface area contributed by atoms with Crippen LogP contribution in [0.15, 0.2) is 0 Å². The molecule has 0 aromatic rings. The van der Waals surface area contributed by atoms with Crippen LogP contribution in [-0.4, -0.2) is 13.1 Å². The minimum atomic E-state index is 0.431. The Morgan fingerprint density at radius 3 is 2.25 bits per heavy atom. The molecule has 0 N–H and O–H groups in total. The highest BCUT2D eigenvalue weighted by Gasteiger charge is 1.60. The van der Waals surface area contributed by atoms with Gasteiger partial charge in [0.2, 0.25) is 0 Å². The lowest BCUT2D eigenvalue weighted by molar-refractivity contribution is -0.128. The van der Waals surface area contributed by atoms with Crippen molar-refractivity contribution < 1.29 is 9.53 Å². The van der Waals surface area contributed by atoms with Gasteiger partial charge < -0.3 is 4.74 Å². The lowest BCUT2D eigenvalue weighted by Crippen LogP contribution is -1.80. The van der Waals surface area contributed by atoms with Crippen LogP contribution in [0.3, 0.4) is 0 Å². The van der Waals surface area contributed by atoms with Crippen LogP contribution in [0, 0.1) is 11.3 Å². The van der Waals surface area contributed by atoms with Crippen LogP contribution in [0.5, 0.6) is 0 Å². The summed E-state index contributed by atoms with van der Waals surface area (Å²) in [6.07, 6.45) is 0. The van der Waals surface area contributed by atoms with Crippen LogP contribution >= 0.6 is 0 Å². The first-order chi connectivity index (χ1) is 3.83. The number of rotatable bonds is 2. The maximum Gasteiger partial charge on any atom is 0.293 e. The van der Waals surface area contributed by atoms with Crippen molar-refractivity contribution in [3.05, 3.63) is 0 Å². The molecule has 3 heteroatoms. The minimum Gasteiger partial charge on any atom is -0.468 e. The smallest absolute Gasteiger partial charge is 0.293 e. The Hall–Kier alpha value is -1.04. The van der Waals surface area contributed by atoms with Gasteiger partial charge in [0, 0.05) is 6.92 Å². The molecule has 0 spiro atoms. The van der Waals surface area contributed by atoms with E-state index in [0.717, 1.165) is 0 Å². The Kier molecular flexibility index (Phi) is 21.0. The van der Waals surface area contributed by atoms with Crippen molar-refractivity contribution in [1.29, 1.82) is 5.26 Å². The summed E-state index contributed by atoms with van der Waals surface area (Å²) in [6, 6.07) is 1.75. The maximum absolute atomic E-state index is 9.18. The second kappa shape index (κ2) is 16.7. The predicted octanol–water partition coefficient (Wildman–Crippen LogP) is 0.709. The van der Waals surface area contributed by atoms with Gasteiger partial charge in [0.15, 0.2) is 0 Å². The van der Waals surface area contributed by atoms with Gasteiger partial charge >= 0.3 is 0 Å². The molecule has 0 aliphatic heterocycles. The van der Waals surface area contributed by atoms with Crippen LogP contribution in [0.2, 0.25) is 0 Å². The van der Waals surface area contributed by atoms with Gasteiger partial charge in [-0.25, -0.2) is 0 Å². The zero-order valence-electron chi connectivity index (χ0n) is 5.05. The van der Waals surface area contributed by atoms with E-state index in [1.807, 2.05) is 0 Å². The van der Waals surface area contributed by atoms with Gasteiger partial charge in [-0.1, -0.05) is 0 Å². The second-order valence-electron chi connectivity index (χ2n) is 0.775. The highest BCUT2D eigenvalue weighted by molar-refractivity contribution is 5.36. The van der Waals surface area contributed by atoms with Crippen molar-refractivity contribution in [1.82, 2.24) is 0 Å². The van der Waals surface area contributed by atoms with Crippen molar-refractivity contribution >= 4 is 6.47 Å². The third-order valence-electron chi connectivity index (χ3n) is 0.235. The Balaban J connectivity index is 0. The van der Waals surface area contributed by atoms with Gasteiger partial charge in [-0.2, -0.15) is 5.26 Å². The quantitative estimate of drug-likeness (QED) is 0.498. The van der Waals surface area contributed by atoms with E-state index in [1.165, 1.54) is 6.92 Å². The average Bonchev–Trinajstić information content (AvgIpc) is 1.71. The average molecular weight is 115 g/mol. The van der Waals surface area contributed by atoms with E-state index in [1.54, 1.807) is 13.0 Å². The van der Waals surface area contributed by atoms with Crippen molar-refractivity contribution in [3.8, 4) is 6.07 Å². The number of hydrogen-bond acceptors (Lipinski definition) is 3. The van der Waals surface area contributed by atoms with E-state index in [-0.39, 0.29) is 0 Å². The third-order valence-corrected chi connectivity index (χ3v) is 0.235. The van der Waals surface area contributed by atoms with Gasteiger partial charge in [0.05, 0.1) is 12.7 Å². The molecule has 0 bridgehead atoms. The van der Waals surface area contributed by atoms with Gasteiger partial charge in [-0.05, 0) is 6.92 Å². The molecule has 0 fully saturated rings. The lowest BCUT2D eigenvalue weighted by atomic mass is 10.9. The first-order valence-corrected chi connectivity index (χ1v) is 2.19. The topological polar surface area (TPSA) is 50.1 Å². The van der Waals surface area contributed by atoms with E-state index >= 15 is 0 Å². The summed E-state index contributed by atoms with van der Waals surface area (Å²) in [5, 5.41) is 7.32. The number of hydrogen-bond donors (Lipinski definition) is 0. The van der Waals surface area contributed by atoms with Gasteiger partial charge in [0.25, 0.3) is 6.47 Å². The summed E-state index contributed by atoms with van der Waals surface area (Å²) in [5.74, 6) is 0. The molecule has 0 aromatic heterocycles. The number of carbonyl (C=O) groups is 1. The molecule has 0 amide bonds. The zero-order chi connectivity index (χ0) is 6.83. The highest BCUT2D eigenvalue weighted by atomic mass is 16.5. The largest absolute Gasteiger partial charge is 0.468 e. The van der Waals surface area contributed by atoms with Crippen molar-refractivity contribution in [2.24, 2.45) is 0 Å². The second-order valence-corrected chi connectivity index (χ2v) is 0.775. The lowest BCUT2D eigenvalue weighted by Gasteiger charge is -1.79. The van der Waals surface area contributed by atoms with Crippen LogP contribution in [0.4, 0.5) is 0 Å². The fraction of sp³-hybridized carbons (Fsp3) is 0.600. The van der Waals surface area contributed by atoms with Crippen molar-refractivity contribution in [2.75, 3.05) is 6.61 Å². The van der Waals surface area contributed by atoms with Crippen LogP contribution in [-0.2, 0) is 9.53 Å². The molecule has 3 nitrogen and oxygen atoms in total. The molecule has 0 rings (SSSR count). The van der Waals surface area contributed by atoms with E-state index in [9.17, 15) is 4.79 Å². The molecule has 46 valence electrons. The first kappa shape index (κ1) is 10.0. The van der Waals surface area contributed by atoms with Gasteiger partial charge in [0.1, 0.15) is 0 Å². The molecule has 0 saturated heterocycles. The fourth-order valence-corrected chi connectivity index (χ4v) is 0.0680. The number of nitrogens with zero attached hydrogens (tertiary/aromatic N) is 1. The van der Waals surface area contributed by atoms with Crippen LogP contribution in [0.25, 0.3) is 0 Å².